The fraction of sp³-hybridized carbons (Fsp3) is 0.588. The van der Waals surface area contributed by atoms with Crippen LogP contribution < -0.4 is 10.1 Å². The van der Waals surface area contributed by atoms with Gasteiger partial charge in [0.15, 0.2) is 0 Å². The maximum absolute atomic E-state index is 12.1. The standard InChI is InChI=1S/C17H26N2O2/c1-14(12-15-6-8-16(21-2)9-7-15)18-13-17(20)19-10-4-3-5-11-19/h6-9,14,18H,3-5,10-13H2,1-2H3. The van der Waals surface area contributed by atoms with E-state index in [-0.39, 0.29) is 11.9 Å². The number of ether oxygens (including phenoxy) is 1. The highest BCUT2D eigenvalue weighted by Gasteiger charge is 2.16. The van der Waals surface area contributed by atoms with Gasteiger partial charge in [0.05, 0.1) is 13.7 Å². The Bertz CT molecular complexity index is 439. The van der Waals surface area contributed by atoms with Crippen molar-refractivity contribution in [3.05, 3.63) is 29.8 Å². The highest BCUT2D eigenvalue weighted by Crippen LogP contribution is 2.13. The van der Waals surface area contributed by atoms with Crippen molar-refractivity contribution in [2.75, 3.05) is 26.7 Å². The molecular weight excluding hydrogens is 264 g/mol. The minimum Gasteiger partial charge on any atom is -0.497 e. The first kappa shape index (κ1) is 15.8. The van der Waals surface area contributed by atoms with Crippen LogP contribution in [0.15, 0.2) is 24.3 Å². The Labute approximate surface area is 127 Å². The zero-order valence-corrected chi connectivity index (χ0v) is 13.1. The lowest BCUT2D eigenvalue weighted by molar-refractivity contribution is -0.131. The van der Waals surface area contributed by atoms with E-state index >= 15 is 0 Å². The highest BCUT2D eigenvalue weighted by atomic mass is 16.5. The lowest BCUT2D eigenvalue weighted by Crippen LogP contribution is -2.43. The average molecular weight is 290 g/mol. The monoisotopic (exact) mass is 290 g/mol. The molecule has 4 nitrogen and oxygen atoms in total. The molecule has 4 heteroatoms. The number of hydrogen-bond donors (Lipinski definition) is 1. The van der Waals surface area contributed by atoms with Crippen molar-refractivity contribution in [2.45, 2.75) is 38.6 Å². The van der Waals surface area contributed by atoms with Gasteiger partial charge >= 0.3 is 0 Å². The summed E-state index contributed by atoms with van der Waals surface area (Å²) in [4.78, 5) is 14.1. The van der Waals surface area contributed by atoms with Crippen LogP contribution in [0, 0.1) is 0 Å². The summed E-state index contributed by atoms with van der Waals surface area (Å²) in [7, 11) is 1.67. The number of methoxy groups -OCH3 is 1. The van der Waals surface area contributed by atoms with E-state index in [4.69, 9.17) is 4.74 Å². The molecule has 0 spiro atoms. The summed E-state index contributed by atoms with van der Waals surface area (Å²) >= 11 is 0. The predicted octanol–water partition coefficient (Wildman–Crippen LogP) is 2.23. The van der Waals surface area contributed by atoms with Crippen LogP contribution in [0.1, 0.15) is 31.7 Å². The first-order valence-electron chi connectivity index (χ1n) is 7.83. The van der Waals surface area contributed by atoms with Crippen molar-refractivity contribution in [2.24, 2.45) is 0 Å². The molecular formula is C17H26N2O2. The number of nitrogens with zero attached hydrogens (tertiary/aromatic N) is 1. The molecule has 1 amide bonds. The number of benzene rings is 1. The van der Waals surface area contributed by atoms with E-state index in [1.165, 1.54) is 12.0 Å². The van der Waals surface area contributed by atoms with Crippen LogP contribution in [0.2, 0.25) is 0 Å². The van der Waals surface area contributed by atoms with Crippen molar-refractivity contribution < 1.29 is 9.53 Å². The number of rotatable bonds is 6. The molecule has 2 rings (SSSR count). The van der Waals surface area contributed by atoms with Gasteiger partial charge in [-0.05, 0) is 50.3 Å². The maximum Gasteiger partial charge on any atom is 0.236 e. The van der Waals surface area contributed by atoms with Crippen LogP contribution in [-0.4, -0.2) is 43.6 Å². The molecule has 1 saturated heterocycles. The van der Waals surface area contributed by atoms with Gasteiger partial charge in [-0.25, -0.2) is 0 Å². The van der Waals surface area contributed by atoms with Crippen LogP contribution in [0.4, 0.5) is 0 Å². The molecule has 1 aromatic rings. The van der Waals surface area contributed by atoms with Gasteiger partial charge in [-0.15, -0.1) is 0 Å². The second-order valence-corrected chi connectivity index (χ2v) is 5.78. The van der Waals surface area contributed by atoms with Crippen molar-refractivity contribution in [3.8, 4) is 5.75 Å². The molecule has 1 N–H and O–H groups in total. The van der Waals surface area contributed by atoms with Crippen LogP contribution in [0.5, 0.6) is 5.75 Å². The molecule has 0 radical (unpaired) electrons. The van der Waals surface area contributed by atoms with E-state index < -0.39 is 0 Å². The smallest absolute Gasteiger partial charge is 0.236 e. The molecule has 1 heterocycles. The Balaban J connectivity index is 1.73. The highest BCUT2D eigenvalue weighted by molar-refractivity contribution is 5.78. The number of hydrogen-bond acceptors (Lipinski definition) is 3. The second kappa shape index (κ2) is 8.03. The summed E-state index contributed by atoms with van der Waals surface area (Å²) in [5.41, 5.74) is 1.25. The van der Waals surface area contributed by atoms with E-state index in [0.717, 1.165) is 38.1 Å². The van der Waals surface area contributed by atoms with Crippen LogP contribution in [-0.2, 0) is 11.2 Å². The molecule has 1 aromatic carbocycles. The normalized spacial score (nSPS) is 16.6. The van der Waals surface area contributed by atoms with Gasteiger partial charge in [0, 0.05) is 19.1 Å². The Hall–Kier alpha value is -1.55. The number of piperidine rings is 1. The number of carbonyl (C=O) groups is 1. The fourth-order valence-electron chi connectivity index (χ4n) is 2.70. The Morgan fingerprint density at radius 1 is 1.24 bits per heavy atom. The molecule has 116 valence electrons. The maximum atomic E-state index is 12.1. The Morgan fingerprint density at radius 3 is 2.52 bits per heavy atom. The van der Waals surface area contributed by atoms with Gasteiger partial charge in [0.25, 0.3) is 0 Å². The first-order chi connectivity index (χ1) is 10.2. The van der Waals surface area contributed by atoms with Gasteiger partial charge in [0.1, 0.15) is 5.75 Å². The topological polar surface area (TPSA) is 41.6 Å². The van der Waals surface area contributed by atoms with E-state index in [2.05, 4.69) is 24.4 Å². The molecule has 1 unspecified atom stereocenters. The van der Waals surface area contributed by atoms with Crippen LogP contribution in [0.25, 0.3) is 0 Å². The summed E-state index contributed by atoms with van der Waals surface area (Å²) in [5.74, 6) is 1.11. The zero-order valence-electron chi connectivity index (χ0n) is 13.1. The summed E-state index contributed by atoms with van der Waals surface area (Å²) in [5, 5.41) is 3.33. The Morgan fingerprint density at radius 2 is 1.90 bits per heavy atom. The number of carbonyl (C=O) groups excluding carboxylic acids is 1. The molecule has 1 fully saturated rings. The van der Waals surface area contributed by atoms with Crippen molar-refractivity contribution in [3.63, 3.8) is 0 Å². The van der Waals surface area contributed by atoms with Gasteiger partial charge < -0.3 is 15.0 Å². The number of nitrogens with one attached hydrogen (secondary N) is 1. The zero-order chi connectivity index (χ0) is 15.1. The predicted molar refractivity (Wildman–Crippen MR) is 84.6 cm³/mol. The van der Waals surface area contributed by atoms with E-state index in [1.807, 2.05) is 17.0 Å². The molecule has 1 aliphatic heterocycles. The molecule has 21 heavy (non-hydrogen) atoms. The quantitative estimate of drug-likeness (QED) is 0.873. The number of likely N-dealkylation sites (tertiary alicyclic amines) is 1. The second-order valence-electron chi connectivity index (χ2n) is 5.78. The lowest BCUT2D eigenvalue weighted by atomic mass is 10.1. The lowest BCUT2D eigenvalue weighted by Gasteiger charge is -2.27. The third-order valence-corrected chi connectivity index (χ3v) is 4.01. The fourth-order valence-corrected chi connectivity index (χ4v) is 2.70. The largest absolute Gasteiger partial charge is 0.497 e. The van der Waals surface area contributed by atoms with Crippen molar-refractivity contribution >= 4 is 5.91 Å². The summed E-state index contributed by atoms with van der Waals surface area (Å²) in [6, 6.07) is 8.38. The van der Waals surface area contributed by atoms with Crippen LogP contribution >= 0.6 is 0 Å². The summed E-state index contributed by atoms with van der Waals surface area (Å²) in [6.45, 7) is 4.41. The summed E-state index contributed by atoms with van der Waals surface area (Å²) in [6.07, 6.45) is 4.46. The van der Waals surface area contributed by atoms with E-state index in [1.54, 1.807) is 7.11 Å². The molecule has 1 atom stereocenters. The summed E-state index contributed by atoms with van der Waals surface area (Å²) < 4.78 is 5.15. The van der Waals surface area contributed by atoms with E-state index in [9.17, 15) is 4.79 Å². The third kappa shape index (κ3) is 5.05. The number of amides is 1. The molecule has 1 aliphatic rings. The van der Waals surface area contributed by atoms with E-state index in [0.29, 0.717) is 6.54 Å². The van der Waals surface area contributed by atoms with Gasteiger partial charge in [0.2, 0.25) is 5.91 Å². The van der Waals surface area contributed by atoms with Gasteiger partial charge in [-0.1, -0.05) is 12.1 Å². The van der Waals surface area contributed by atoms with Crippen molar-refractivity contribution in [1.82, 2.24) is 10.2 Å². The first-order valence-corrected chi connectivity index (χ1v) is 7.83. The molecule has 0 saturated carbocycles. The average Bonchev–Trinajstić information content (AvgIpc) is 2.54. The Kier molecular flexibility index (Phi) is 6.05. The third-order valence-electron chi connectivity index (χ3n) is 4.01. The minimum absolute atomic E-state index is 0.233. The SMILES string of the molecule is COc1ccc(CC(C)NCC(=O)N2CCCCC2)cc1. The molecule has 0 aromatic heterocycles. The van der Waals surface area contributed by atoms with Gasteiger partial charge in [-0.3, -0.25) is 4.79 Å². The molecule has 0 aliphatic carbocycles. The van der Waals surface area contributed by atoms with Crippen LogP contribution in [0.3, 0.4) is 0 Å². The minimum atomic E-state index is 0.233. The van der Waals surface area contributed by atoms with Crippen molar-refractivity contribution in [1.29, 1.82) is 0 Å². The molecule has 0 bridgehead atoms. The van der Waals surface area contributed by atoms with Gasteiger partial charge in [-0.2, -0.15) is 0 Å².